The minimum absolute atomic E-state index is 0. The zero-order valence-electron chi connectivity index (χ0n) is 12.7. The number of hydrogen-bond acceptors (Lipinski definition) is 3. The standard InChI is InChI=1S/C16H20FN3O2.ClH/c17-13-4-1-10(16(18)22)8-14(13)20-15(21)7-9-5-11-2-3-12(6-9)19-11;/h1,4,8-9,11-12,19H,2-3,5-7H2,(H2,18,22)(H,20,21);1H. The van der Waals surface area contributed by atoms with Gasteiger partial charge in [-0.15, -0.1) is 12.4 Å². The van der Waals surface area contributed by atoms with Crippen LogP contribution in [0.1, 0.15) is 42.5 Å². The normalized spacial score (nSPS) is 25.5. The van der Waals surface area contributed by atoms with Gasteiger partial charge in [-0.1, -0.05) is 0 Å². The maximum Gasteiger partial charge on any atom is 0.248 e. The fourth-order valence-electron chi connectivity index (χ4n) is 3.58. The van der Waals surface area contributed by atoms with E-state index in [2.05, 4.69) is 10.6 Å². The summed E-state index contributed by atoms with van der Waals surface area (Å²) in [7, 11) is 0. The summed E-state index contributed by atoms with van der Waals surface area (Å²) in [6.45, 7) is 0. The van der Waals surface area contributed by atoms with Crippen LogP contribution in [0.15, 0.2) is 18.2 Å². The number of hydrogen-bond donors (Lipinski definition) is 3. The van der Waals surface area contributed by atoms with Crippen LogP contribution < -0.4 is 16.4 Å². The van der Waals surface area contributed by atoms with Crippen LogP contribution in [0.25, 0.3) is 0 Å². The third-order valence-corrected chi connectivity index (χ3v) is 4.57. The Bertz CT molecular complexity index is 599. The topological polar surface area (TPSA) is 84.2 Å². The smallest absolute Gasteiger partial charge is 0.248 e. The molecule has 4 N–H and O–H groups in total. The molecule has 2 fully saturated rings. The summed E-state index contributed by atoms with van der Waals surface area (Å²) in [5.74, 6) is -1.10. The Morgan fingerprint density at radius 2 is 1.91 bits per heavy atom. The molecule has 0 radical (unpaired) electrons. The van der Waals surface area contributed by atoms with Gasteiger partial charge in [-0.3, -0.25) is 9.59 Å². The number of nitrogens with one attached hydrogen (secondary N) is 2. The molecule has 0 saturated carbocycles. The number of nitrogens with two attached hydrogens (primary N) is 1. The fraction of sp³-hybridized carbons (Fsp3) is 0.500. The van der Waals surface area contributed by atoms with Crippen molar-refractivity contribution in [3.05, 3.63) is 29.6 Å². The molecule has 2 heterocycles. The lowest BCUT2D eigenvalue weighted by molar-refractivity contribution is -0.117. The molecular weight excluding hydrogens is 321 g/mol. The average molecular weight is 342 g/mol. The number of benzene rings is 1. The summed E-state index contributed by atoms with van der Waals surface area (Å²) in [6.07, 6.45) is 4.73. The van der Waals surface area contributed by atoms with Gasteiger partial charge in [0.15, 0.2) is 0 Å². The first kappa shape index (κ1) is 17.7. The largest absolute Gasteiger partial charge is 0.366 e. The zero-order valence-corrected chi connectivity index (χ0v) is 13.5. The lowest BCUT2D eigenvalue weighted by Gasteiger charge is -2.28. The van der Waals surface area contributed by atoms with E-state index in [0.717, 1.165) is 18.9 Å². The third kappa shape index (κ3) is 4.20. The summed E-state index contributed by atoms with van der Waals surface area (Å²) < 4.78 is 13.7. The van der Waals surface area contributed by atoms with Crippen molar-refractivity contribution in [3.63, 3.8) is 0 Å². The maximum atomic E-state index is 13.7. The third-order valence-electron chi connectivity index (χ3n) is 4.57. The van der Waals surface area contributed by atoms with E-state index in [1.54, 1.807) is 0 Å². The monoisotopic (exact) mass is 341 g/mol. The number of carbonyl (C=O) groups is 2. The molecule has 0 spiro atoms. The van der Waals surface area contributed by atoms with E-state index in [4.69, 9.17) is 5.73 Å². The van der Waals surface area contributed by atoms with Gasteiger partial charge in [-0.05, 0) is 49.8 Å². The second-order valence-electron chi connectivity index (χ2n) is 6.29. The van der Waals surface area contributed by atoms with E-state index >= 15 is 0 Å². The van der Waals surface area contributed by atoms with E-state index in [-0.39, 0.29) is 29.6 Å². The number of primary amides is 1. The molecule has 2 atom stereocenters. The molecule has 126 valence electrons. The molecule has 23 heavy (non-hydrogen) atoms. The van der Waals surface area contributed by atoms with Gasteiger partial charge in [0.25, 0.3) is 0 Å². The Morgan fingerprint density at radius 3 is 2.52 bits per heavy atom. The number of amides is 2. The van der Waals surface area contributed by atoms with Crippen LogP contribution in [0.4, 0.5) is 10.1 Å². The molecule has 3 rings (SSSR count). The lowest BCUT2D eigenvalue weighted by Crippen LogP contribution is -2.39. The number of anilines is 1. The van der Waals surface area contributed by atoms with Gasteiger partial charge in [0.2, 0.25) is 11.8 Å². The van der Waals surface area contributed by atoms with Crippen LogP contribution in [0.5, 0.6) is 0 Å². The molecule has 2 aliphatic rings. The zero-order chi connectivity index (χ0) is 15.7. The second-order valence-corrected chi connectivity index (χ2v) is 6.29. The summed E-state index contributed by atoms with van der Waals surface area (Å²) in [4.78, 5) is 23.3. The number of carbonyl (C=O) groups excluding carboxylic acids is 2. The maximum absolute atomic E-state index is 13.7. The van der Waals surface area contributed by atoms with Crippen LogP contribution in [-0.2, 0) is 4.79 Å². The fourth-order valence-corrected chi connectivity index (χ4v) is 3.58. The van der Waals surface area contributed by atoms with Crippen LogP contribution in [0, 0.1) is 11.7 Å². The Morgan fingerprint density at radius 1 is 1.26 bits per heavy atom. The van der Waals surface area contributed by atoms with Gasteiger partial charge < -0.3 is 16.4 Å². The first-order valence-electron chi connectivity index (χ1n) is 7.66. The lowest BCUT2D eigenvalue weighted by atomic mass is 9.89. The van der Waals surface area contributed by atoms with Crippen molar-refractivity contribution in [1.82, 2.24) is 5.32 Å². The number of halogens is 2. The van der Waals surface area contributed by atoms with E-state index in [1.165, 1.54) is 25.0 Å². The number of piperidine rings is 1. The first-order valence-corrected chi connectivity index (χ1v) is 7.66. The molecule has 5 nitrogen and oxygen atoms in total. The SMILES string of the molecule is Cl.NC(=O)c1ccc(F)c(NC(=O)CC2CC3CCC(C2)N3)c1. The molecule has 0 aliphatic carbocycles. The summed E-state index contributed by atoms with van der Waals surface area (Å²) >= 11 is 0. The molecule has 1 aromatic carbocycles. The van der Waals surface area contributed by atoms with E-state index in [9.17, 15) is 14.0 Å². The Labute approximate surface area is 140 Å². The van der Waals surface area contributed by atoms with Crippen LogP contribution >= 0.6 is 12.4 Å². The highest BCUT2D eigenvalue weighted by Gasteiger charge is 2.34. The Hall–Kier alpha value is -1.66. The van der Waals surface area contributed by atoms with Crippen LogP contribution in [0.2, 0.25) is 0 Å². The predicted molar refractivity (Wildman–Crippen MR) is 88.1 cm³/mol. The van der Waals surface area contributed by atoms with Crippen LogP contribution in [0.3, 0.4) is 0 Å². The predicted octanol–water partition coefficient (Wildman–Crippen LogP) is 2.21. The van der Waals surface area contributed by atoms with E-state index in [1.807, 2.05) is 0 Å². The molecule has 2 amide bonds. The van der Waals surface area contributed by atoms with E-state index < -0.39 is 11.7 Å². The van der Waals surface area contributed by atoms with Gasteiger partial charge >= 0.3 is 0 Å². The molecular formula is C16H21ClFN3O2. The molecule has 0 aromatic heterocycles. The van der Waals surface area contributed by atoms with Gasteiger partial charge in [0.1, 0.15) is 5.82 Å². The number of fused-ring (bicyclic) bond motifs is 2. The van der Waals surface area contributed by atoms with Crippen molar-refractivity contribution in [2.45, 2.75) is 44.2 Å². The summed E-state index contributed by atoms with van der Waals surface area (Å²) in [5.41, 5.74) is 5.36. The van der Waals surface area contributed by atoms with Crippen molar-refractivity contribution < 1.29 is 14.0 Å². The van der Waals surface area contributed by atoms with Gasteiger partial charge in [-0.25, -0.2) is 4.39 Å². The van der Waals surface area contributed by atoms with Gasteiger partial charge in [-0.2, -0.15) is 0 Å². The molecule has 2 bridgehead atoms. The van der Waals surface area contributed by atoms with Gasteiger partial charge in [0.05, 0.1) is 5.69 Å². The second kappa shape index (κ2) is 7.27. The average Bonchev–Trinajstić information content (AvgIpc) is 2.80. The van der Waals surface area contributed by atoms with Crippen molar-refractivity contribution in [1.29, 1.82) is 0 Å². The minimum atomic E-state index is -0.648. The van der Waals surface area contributed by atoms with Crippen molar-refractivity contribution in [3.8, 4) is 0 Å². The highest BCUT2D eigenvalue weighted by atomic mass is 35.5. The Kier molecular flexibility index (Phi) is 5.59. The van der Waals surface area contributed by atoms with Gasteiger partial charge in [0, 0.05) is 24.1 Å². The van der Waals surface area contributed by atoms with Crippen molar-refractivity contribution >= 4 is 29.9 Å². The molecule has 2 aliphatic heterocycles. The highest BCUT2D eigenvalue weighted by molar-refractivity contribution is 5.96. The van der Waals surface area contributed by atoms with Crippen molar-refractivity contribution in [2.75, 3.05) is 5.32 Å². The summed E-state index contributed by atoms with van der Waals surface area (Å²) in [6, 6.07) is 4.76. The van der Waals surface area contributed by atoms with Crippen molar-refractivity contribution in [2.24, 2.45) is 11.7 Å². The minimum Gasteiger partial charge on any atom is -0.366 e. The number of rotatable bonds is 4. The molecule has 1 aromatic rings. The first-order chi connectivity index (χ1) is 10.5. The molecule has 2 saturated heterocycles. The quantitative estimate of drug-likeness (QED) is 0.785. The molecule has 2 unspecified atom stereocenters. The molecule has 7 heteroatoms. The highest BCUT2D eigenvalue weighted by Crippen LogP contribution is 2.32. The summed E-state index contributed by atoms with van der Waals surface area (Å²) in [5, 5.41) is 6.09. The Balaban J connectivity index is 0.00000192. The van der Waals surface area contributed by atoms with E-state index in [0.29, 0.717) is 24.4 Å². The van der Waals surface area contributed by atoms with Crippen LogP contribution in [-0.4, -0.2) is 23.9 Å².